The Morgan fingerprint density at radius 2 is 0.706 bits per heavy atom. The molecule has 0 bridgehead atoms. The summed E-state index contributed by atoms with van der Waals surface area (Å²) in [7, 11) is 0. The van der Waals surface area contributed by atoms with Crippen LogP contribution in [0.5, 0.6) is 0 Å². The maximum absolute atomic E-state index is 19.8. The first-order chi connectivity index (χ1) is 33.0. The molecule has 68 heavy (non-hydrogen) atoms. The van der Waals surface area contributed by atoms with Crippen LogP contribution in [0.15, 0.2) is 133 Å². The van der Waals surface area contributed by atoms with Gasteiger partial charge in [0.2, 0.25) is 0 Å². The Bertz CT molecular complexity index is 3540. The van der Waals surface area contributed by atoms with Gasteiger partial charge in [0.15, 0.2) is 12.6 Å². The summed E-state index contributed by atoms with van der Waals surface area (Å²) in [6.07, 6.45) is 1.76. The van der Waals surface area contributed by atoms with Crippen LogP contribution >= 0.6 is 68.0 Å². The maximum Gasteiger partial charge on any atom is 0.160 e. The summed E-state index contributed by atoms with van der Waals surface area (Å²) < 4.78 is 43.6. The number of carbonyl (C=O) groups is 2. The number of aldehydes is 2. The summed E-state index contributed by atoms with van der Waals surface area (Å²) in [4.78, 5) is 30.4. The molecule has 0 saturated heterocycles. The number of aryl methyl sites for hydroxylation is 4. The highest BCUT2D eigenvalue weighted by molar-refractivity contribution is 7.33. The molecule has 0 radical (unpaired) electrons. The molecule has 0 fully saturated rings. The first kappa shape index (κ1) is 42.1. The molecule has 10 heteroatoms. The Morgan fingerprint density at radius 3 is 1.00 bits per heavy atom. The molecular weight excluding hydrogens is 959 g/mol. The molecule has 0 aliphatic heterocycles. The number of thiophene rings is 6. The van der Waals surface area contributed by atoms with Gasteiger partial charge in [-0.2, -0.15) is 0 Å². The lowest BCUT2D eigenvalue weighted by atomic mass is 9.65. The molecule has 330 valence electrons. The van der Waals surface area contributed by atoms with Crippen molar-refractivity contribution in [2.24, 2.45) is 0 Å². The van der Waals surface area contributed by atoms with Gasteiger partial charge < -0.3 is 0 Å². The van der Waals surface area contributed by atoms with Crippen molar-refractivity contribution in [2.45, 2.75) is 38.5 Å². The standard InChI is InChI=1S/C58H36F2O2S6/c1-29-5-13-33(14-6-29)57(34-15-7-30(2)8-16-34)47-45(55-49(57)53-43(67-55)25-41(65-53)39-23-21-37(27-61)63-39)52(60)48-46(51(47)59)56-50(54-44(68-56)26-42(66-54)40-24-22-38(28-62)64-40)58(48,35-17-9-31(3)10-18-35)36-19-11-32(4)12-20-36/h5-28H,1-4H3. The van der Waals surface area contributed by atoms with E-state index in [9.17, 15) is 9.59 Å². The van der Waals surface area contributed by atoms with Crippen molar-refractivity contribution in [2.75, 3.05) is 0 Å². The molecule has 2 nitrogen and oxygen atoms in total. The van der Waals surface area contributed by atoms with E-state index in [0.717, 1.165) is 116 Å². The fourth-order valence-electron chi connectivity index (χ4n) is 10.9. The van der Waals surface area contributed by atoms with Gasteiger partial charge in [0.05, 0.1) is 30.0 Å². The molecule has 0 N–H and O–H groups in total. The first-order valence-electron chi connectivity index (χ1n) is 22.1. The molecule has 6 heterocycles. The van der Waals surface area contributed by atoms with Crippen molar-refractivity contribution < 1.29 is 18.4 Å². The fraction of sp³-hybridized carbons (Fsp3) is 0.103. The Labute approximate surface area is 415 Å². The Balaban J connectivity index is 1.21. The minimum Gasteiger partial charge on any atom is -0.297 e. The monoisotopic (exact) mass is 994 g/mol. The van der Waals surface area contributed by atoms with E-state index >= 15 is 8.78 Å². The number of benzene rings is 5. The van der Waals surface area contributed by atoms with Crippen LogP contribution in [0.4, 0.5) is 8.78 Å². The van der Waals surface area contributed by atoms with E-state index in [0.29, 0.717) is 32.0 Å². The topological polar surface area (TPSA) is 34.1 Å². The average molecular weight is 995 g/mol. The Morgan fingerprint density at radius 1 is 0.382 bits per heavy atom. The van der Waals surface area contributed by atoms with Gasteiger partial charge in [-0.15, -0.1) is 68.0 Å². The highest BCUT2D eigenvalue weighted by Gasteiger charge is 2.58. The molecule has 2 aliphatic carbocycles. The maximum atomic E-state index is 19.8. The van der Waals surface area contributed by atoms with Gasteiger partial charge >= 0.3 is 0 Å². The minimum absolute atomic E-state index is 0.313. The molecule has 11 aromatic rings. The average Bonchev–Trinajstić information content (AvgIpc) is 4.21. The van der Waals surface area contributed by atoms with Gasteiger partial charge in [-0.3, -0.25) is 9.59 Å². The lowest BCUT2D eigenvalue weighted by Gasteiger charge is -2.36. The summed E-state index contributed by atoms with van der Waals surface area (Å²) in [5.74, 6) is -0.824. The lowest BCUT2D eigenvalue weighted by molar-refractivity contribution is 0.111. The van der Waals surface area contributed by atoms with E-state index in [1.807, 2.05) is 24.3 Å². The van der Waals surface area contributed by atoms with Crippen molar-refractivity contribution >= 4 is 99.4 Å². The third-order valence-corrected chi connectivity index (χ3v) is 21.3. The second-order valence-electron chi connectivity index (χ2n) is 18.0. The van der Waals surface area contributed by atoms with Gasteiger partial charge in [0, 0.05) is 72.0 Å². The zero-order chi connectivity index (χ0) is 46.4. The van der Waals surface area contributed by atoms with Crippen LogP contribution in [0, 0.1) is 39.3 Å². The molecule has 2 aliphatic rings. The van der Waals surface area contributed by atoms with Crippen molar-refractivity contribution in [1.29, 1.82) is 0 Å². The van der Waals surface area contributed by atoms with Crippen LogP contribution in [-0.2, 0) is 10.8 Å². The Kier molecular flexibility index (Phi) is 9.46. The Hall–Kier alpha value is -5.98. The summed E-state index contributed by atoms with van der Waals surface area (Å²) in [5, 5.41) is 0. The van der Waals surface area contributed by atoms with Crippen molar-refractivity contribution in [3.8, 4) is 40.4 Å². The third-order valence-electron chi connectivity index (χ3n) is 14.0. The highest BCUT2D eigenvalue weighted by Crippen LogP contribution is 2.70. The number of hydrogen-bond acceptors (Lipinski definition) is 8. The van der Waals surface area contributed by atoms with E-state index < -0.39 is 22.5 Å². The molecule has 0 spiro atoms. The minimum atomic E-state index is -1.24. The van der Waals surface area contributed by atoms with Gasteiger partial charge in [-0.05, 0) is 86.3 Å². The quantitative estimate of drug-likeness (QED) is 0.142. The summed E-state index contributed by atoms with van der Waals surface area (Å²) in [6, 6.07) is 45.4. The van der Waals surface area contributed by atoms with Gasteiger partial charge in [0.1, 0.15) is 11.6 Å². The van der Waals surface area contributed by atoms with E-state index in [1.54, 1.807) is 22.7 Å². The molecular formula is C58H36F2O2S6. The predicted octanol–water partition coefficient (Wildman–Crippen LogP) is 17.6. The summed E-state index contributed by atoms with van der Waals surface area (Å²) in [6.45, 7) is 8.21. The van der Waals surface area contributed by atoms with Crippen LogP contribution in [0.25, 0.3) is 59.2 Å². The van der Waals surface area contributed by atoms with Crippen molar-refractivity contribution in [1.82, 2.24) is 0 Å². The second-order valence-corrected chi connectivity index (χ2v) is 24.4. The molecule has 0 atom stereocenters. The number of rotatable bonds is 8. The van der Waals surface area contributed by atoms with Crippen molar-refractivity contribution in [3.63, 3.8) is 0 Å². The van der Waals surface area contributed by atoms with Crippen LogP contribution < -0.4 is 0 Å². The van der Waals surface area contributed by atoms with Gasteiger partial charge in [0.25, 0.3) is 0 Å². The van der Waals surface area contributed by atoms with Crippen LogP contribution in [0.2, 0.25) is 0 Å². The SMILES string of the molecule is Cc1ccc(C2(c3ccc(C)cc3)c3c(F)c4c(c(F)c3-c3sc5cc(-c6ccc(C=O)s6)sc5c32)C(c2ccc(C)cc2)(c2ccc(C)cc2)c2c-4sc3cc(-c4ccc(C=O)s4)sc23)cc1. The molecule has 0 saturated carbocycles. The largest absolute Gasteiger partial charge is 0.297 e. The normalized spacial score (nSPS) is 14.1. The zero-order valence-corrected chi connectivity index (χ0v) is 41.8. The van der Waals surface area contributed by atoms with Crippen LogP contribution in [-0.4, -0.2) is 12.6 Å². The first-order valence-corrected chi connectivity index (χ1v) is 27.0. The predicted molar refractivity (Wildman–Crippen MR) is 284 cm³/mol. The number of hydrogen-bond donors (Lipinski definition) is 0. The molecule has 13 rings (SSSR count). The van der Waals surface area contributed by atoms with Gasteiger partial charge in [-0.25, -0.2) is 8.78 Å². The second kappa shape index (κ2) is 15.3. The zero-order valence-electron chi connectivity index (χ0n) is 36.9. The summed E-state index contributed by atoms with van der Waals surface area (Å²) >= 11 is 9.23. The number of fused-ring (bicyclic) bond motifs is 10. The van der Waals surface area contributed by atoms with E-state index in [-0.39, 0.29) is 0 Å². The van der Waals surface area contributed by atoms with Gasteiger partial charge in [-0.1, -0.05) is 119 Å². The van der Waals surface area contributed by atoms with Crippen molar-refractivity contribution in [3.05, 3.63) is 222 Å². The van der Waals surface area contributed by atoms with Crippen LogP contribution in [0.1, 0.15) is 86.1 Å². The smallest absolute Gasteiger partial charge is 0.160 e. The fourth-order valence-corrected chi connectivity index (χ4v) is 18.3. The number of halogens is 2. The molecule has 0 unspecified atom stereocenters. The third kappa shape index (κ3) is 5.67. The van der Waals surface area contributed by atoms with E-state index in [4.69, 9.17) is 0 Å². The highest BCUT2D eigenvalue weighted by atomic mass is 32.1. The summed E-state index contributed by atoms with van der Waals surface area (Å²) in [5.41, 5.74) is 8.33. The van der Waals surface area contributed by atoms with E-state index in [2.05, 4.69) is 137 Å². The molecule has 0 amide bonds. The van der Waals surface area contributed by atoms with E-state index in [1.165, 1.54) is 45.3 Å². The molecule has 6 aromatic heterocycles. The lowest BCUT2D eigenvalue weighted by Crippen LogP contribution is -2.32. The number of carbonyl (C=O) groups excluding carboxylic acids is 2. The van der Waals surface area contributed by atoms with Crippen LogP contribution in [0.3, 0.4) is 0 Å². The molecule has 5 aromatic carbocycles.